The van der Waals surface area contributed by atoms with Crippen LogP contribution in [0.25, 0.3) is 0 Å². The lowest BCUT2D eigenvalue weighted by atomic mass is 10.1. The minimum absolute atomic E-state index is 0.0587. The lowest BCUT2D eigenvalue weighted by molar-refractivity contribution is -0.274. The summed E-state index contributed by atoms with van der Waals surface area (Å²) in [7, 11) is 1.45. The van der Waals surface area contributed by atoms with E-state index in [4.69, 9.17) is 11.6 Å². The van der Waals surface area contributed by atoms with Gasteiger partial charge in [0.1, 0.15) is 5.69 Å². The number of nitrogens with zero attached hydrogens (tertiary/aromatic N) is 4. The molecule has 1 aromatic heterocycles. The van der Waals surface area contributed by atoms with Gasteiger partial charge in [0.2, 0.25) is 5.96 Å². The standard InChI is InChI=1S/C16H11ClF6N8O3/c1-31-14(28-29-30-31)27-12(32)6-2-3-7(34-16(21,22)23)9(8(6)17)26-13(33)10-11(15(18,19)20)25-5-4-24-10/h2-5,29-30H,1H3,(H,26,33)(H,27,28,32). The number of halogens is 7. The first-order valence-electron chi connectivity index (χ1n) is 8.69. The van der Waals surface area contributed by atoms with Crippen LogP contribution in [0.5, 0.6) is 5.75 Å². The highest BCUT2D eigenvalue weighted by atomic mass is 35.5. The summed E-state index contributed by atoms with van der Waals surface area (Å²) in [6, 6.07) is 1.48. The number of aromatic nitrogens is 2. The van der Waals surface area contributed by atoms with E-state index in [0.29, 0.717) is 12.3 Å². The van der Waals surface area contributed by atoms with E-state index in [2.05, 4.69) is 36.2 Å². The van der Waals surface area contributed by atoms with Crippen molar-refractivity contribution in [1.29, 1.82) is 0 Å². The molecule has 0 radical (unpaired) electrons. The minimum Gasteiger partial charge on any atom is -0.404 e. The fraction of sp³-hybridized carbons (Fsp3) is 0.188. The topological polar surface area (TPSA) is 133 Å². The highest BCUT2D eigenvalue weighted by molar-refractivity contribution is 6.37. The van der Waals surface area contributed by atoms with Crippen LogP contribution in [0.3, 0.4) is 0 Å². The van der Waals surface area contributed by atoms with Crippen molar-refractivity contribution in [2.75, 3.05) is 12.4 Å². The van der Waals surface area contributed by atoms with Gasteiger partial charge in [-0.25, -0.2) is 15.5 Å². The summed E-state index contributed by atoms with van der Waals surface area (Å²) in [5, 5.41) is 8.18. The zero-order valence-electron chi connectivity index (χ0n) is 16.5. The predicted octanol–water partition coefficient (Wildman–Crippen LogP) is 2.26. The molecule has 4 N–H and O–H groups in total. The molecule has 1 aromatic carbocycles. The molecule has 0 saturated heterocycles. The first-order valence-corrected chi connectivity index (χ1v) is 9.07. The second kappa shape index (κ2) is 9.18. The molecule has 2 aromatic rings. The molecule has 0 saturated carbocycles. The summed E-state index contributed by atoms with van der Waals surface area (Å²) in [4.78, 5) is 31.4. The predicted molar refractivity (Wildman–Crippen MR) is 102 cm³/mol. The first kappa shape index (κ1) is 24.8. The van der Waals surface area contributed by atoms with Gasteiger partial charge in [-0.05, 0) is 12.1 Å². The number of anilines is 1. The Morgan fingerprint density at radius 3 is 2.32 bits per heavy atom. The molecule has 0 bridgehead atoms. The third kappa shape index (κ3) is 5.54. The van der Waals surface area contributed by atoms with Gasteiger partial charge >= 0.3 is 12.5 Å². The summed E-state index contributed by atoms with van der Waals surface area (Å²) in [5.74, 6) is -3.75. The summed E-state index contributed by atoms with van der Waals surface area (Å²) in [5.41, 5.74) is 0.432. The number of guanidine groups is 1. The molecule has 2 heterocycles. The maximum absolute atomic E-state index is 13.2. The second-order valence-electron chi connectivity index (χ2n) is 6.23. The van der Waals surface area contributed by atoms with E-state index < -0.39 is 57.8 Å². The van der Waals surface area contributed by atoms with Gasteiger partial charge in [-0.15, -0.1) is 23.8 Å². The smallest absolute Gasteiger partial charge is 0.404 e. The van der Waals surface area contributed by atoms with Gasteiger partial charge in [0.05, 0.1) is 10.6 Å². The number of alkyl halides is 6. The first-order chi connectivity index (χ1) is 15.8. The number of carbonyl (C=O) groups is 2. The summed E-state index contributed by atoms with van der Waals surface area (Å²) < 4.78 is 81.8. The fourth-order valence-corrected chi connectivity index (χ4v) is 2.80. The van der Waals surface area contributed by atoms with Crippen molar-refractivity contribution < 1.29 is 40.7 Å². The molecule has 1 aliphatic rings. The van der Waals surface area contributed by atoms with E-state index in [1.165, 1.54) is 12.1 Å². The van der Waals surface area contributed by atoms with Gasteiger partial charge in [-0.1, -0.05) is 11.6 Å². The Morgan fingerprint density at radius 2 is 1.74 bits per heavy atom. The van der Waals surface area contributed by atoms with Gasteiger partial charge < -0.3 is 10.1 Å². The summed E-state index contributed by atoms with van der Waals surface area (Å²) in [6.45, 7) is 0. The number of rotatable bonds is 4. The monoisotopic (exact) mass is 512 g/mol. The number of hydrazine groups is 2. The Labute approximate surface area is 190 Å². The number of nitrogens with one attached hydrogen (secondary N) is 4. The van der Waals surface area contributed by atoms with E-state index in [0.717, 1.165) is 12.3 Å². The number of carbonyl (C=O) groups excluding carboxylic acids is 2. The fourth-order valence-electron chi connectivity index (χ4n) is 2.51. The lowest BCUT2D eigenvalue weighted by Gasteiger charge is -2.18. The minimum atomic E-state index is -5.27. The zero-order valence-corrected chi connectivity index (χ0v) is 17.2. The van der Waals surface area contributed by atoms with Crippen LogP contribution in [0.1, 0.15) is 26.5 Å². The molecule has 0 fully saturated rings. The molecular weight excluding hydrogens is 502 g/mol. The van der Waals surface area contributed by atoms with Crippen LogP contribution in [-0.4, -0.2) is 46.2 Å². The molecule has 2 amide bonds. The SMILES string of the molecule is CN1NNN=C1NC(=O)c1ccc(OC(F)(F)F)c(NC(=O)c2nccnc2C(F)(F)F)c1Cl. The van der Waals surface area contributed by atoms with E-state index in [1.807, 2.05) is 0 Å². The van der Waals surface area contributed by atoms with Crippen LogP contribution in [-0.2, 0) is 6.18 Å². The van der Waals surface area contributed by atoms with Gasteiger partial charge in [0, 0.05) is 19.4 Å². The number of ether oxygens (including phenoxy) is 1. The quantitative estimate of drug-likeness (QED) is 0.459. The van der Waals surface area contributed by atoms with Gasteiger partial charge in [-0.2, -0.15) is 13.2 Å². The number of hydrazone groups is 1. The average molecular weight is 513 g/mol. The third-order valence-electron chi connectivity index (χ3n) is 3.92. The summed E-state index contributed by atoms with van der Waals surface area (Å²) in [6.07, 6.45) is -8.94. The van der Waals surface area contributed by atoms with Crippen molar-refractivity contribution in [3.8, 4) is 5.75 Å². The van der Waals surface area contributed by atoms with Crippen LogP contribution in [0.4, 0.5) is 32.0 Å². The van der Waals surface area contributed by atoms with Crippen molar-refractivity contribution in [1.82, 2.24) is 31.4 Å². The molecule has 18 heteroatoms. The second-order valence-corrected chi connectivity index (χ2v) is 6.60. The Balaban J connectivity index is 2.01. The number of hydrogen-bond donors (Lipinski definition) is 4. The maximum Gasteiger partial charge on any atom is 0.573 e. The van der Waals surface area contributed by atoms with Crippen LogP contribution >= 0.6 is 11.6 Å². The molecule has 0 unspecified atom stereocenters. The third-order valence-corrected chi connectivity index (χ3v) is 4.31. The maximum atomic E-state index is 13.2. The van der Waals surface area contributed by atoms with Gasteiger partial charge in [0.25, 0.3) is 11.8 Å². The van der Waals surface area contributed by atoms with Crippen LogP contribution in [0.15, 0.2) is 29.6 Å². The van der Waals surface area contributed by atoms with Crippen molar-refractivity contribution in [3.05, 3.63) is 46.5 Å². The van der Waals surface area contributed by atoms with Crippen molar-refractivity contribution in [3.63, 3.8) is 0 Å². The molecule has 3 rings (SSSR count). The van der Waals surface area contributed by atoms with Gasteiger partial charge in [0.15, 0.2) is 17.1 Å². The molecule has 0 atom stereocenters. The Morgan fingerprint density at radius 1 is 1.06 bits per heavy atom. The number of hydrogen-bond acceptors (Lipinski definition) is 9. The van der Waals surface area contributed by atoms with E-state index in [9.17, 15) is 35.9 Å². The molecule has 11 nitrogen and oxygen atoms in total. The lowest BCUT2D eigenvalue weighted by Crippen LogP contribution is -2.45. The number of benzene rings is 1. The highest BCUT2D eigenvalue weighted by Crippen LogP contribution is 2.39. The molecular formula is C16H11ClF6N8O3. The highest BCUT2D eigenvalue weighted by Gasteiger charge is 2.39. The Kier molecular flexibility index (Phi) is 6.69. The molecule has 182 valence electrons. The Hall–Kier alpha value is -3.86. The molecule has 0 aliphatic carbocycles. The summed E-state index contributed by atoms with van der Waals surface area (Å²) >= 11 is 6.05. The van der Waals surface area contributed by atoms with E-state index >= 15 is 0 Å². The zero-order chi connectivity index (χ0) is 25.3. The molecule has 34 heavy (non-hydrogen) atoms. The normalized spacial score (nSPS) is 13.8. The van der Waals surface area contributed by atoms with E-state index in [-0.39, 0.29) is 5.96 Å². The van der Waals surface area contributed by atoms with Crippen molar-refractivity contribution in [2.24, 2.45) is 5.10 Å². The average Bonchev–Trinajstić information content (AvgIpc) is 3.13. The van der Waals surface area contributed by atoms with Crippen molar-refractivity contribution in [2.45, 2.75) is 12.5 Å². The van der Waals surface area contributed by atoms with Crippen LogP contribution in [0, 0.1) is 0 Å². The van der Waals surface area contributed by atoms with Crippen LogP contribution in [0.2, 0.25) is 5.02 Å². The molecule has 0 spiro atoms. The number of amides is 2. The largest absolute Gasteiger partial charge is 0.573 e. The van der Waals surface area contributed by atoms with Crippen molar-refractivity contribution >= 4 is 35.1 Å². The molecule has 1 aliphatic heterocycles. The van der Waals surface area contributed by atoms with Gasteiger partial charge in [-0.3, -0.25) is 19.9 Å². The Bertz CT molecular complexity index is 1160. The van der Waals surface area contributed by atoms with E-state index in [1.54, 1.807) is 5.32 Å². The van der Waals surface area contributed by atoms with Crippen LogP contribution < -0.4 is 26.4 Å².